The molecule has 1 unspecified atom stereocenters. The number of para-hydroxylation sites is 1. The smallest absolute Gasteiger partial charge is 0.0934 e. The molecule has 0 fully saturated rings. The van der Waals surface area contributed by atoms with Gasteiger partial charge in [0, 0.05) is 18.4 Å². The van der Waals surface area contributed by atoms with Crippen molar-refractivity contribution in [3.8, 4) is 0 Å². The standard InChI is InChI=1S/C14H19N3/c1-2-3-4-7-12(15)11-6-5-8-13-14(11)17-10-9-16-13/h5-6,8-10,12H,2-4,7,15H2,1H3. The molecule has 1 heterocycles. The molecule has 17 heavy (non-hydrogen) atoms. The fourth-order valence-electron chi connectivity index (χ4n) is 2.08. The summed E-state index contributed by atoms with van der Waals surface area (Å²) >= 11 is 0. The number of rotatable bonds is 5. The summed E-state index contributed by atoms with van der Waals surface area (Å²) in [6, 6.07) is 6.12. The number of benzene rings is 1. The summed E-state index contributed by atoms with van der Waals surface area (Å²) in [5.41, 5.74) is 9.22. The van der Waals surface area contributed by atoms with E-state index in [4.69, 9.17) is 5.73 Å². The number of hydrogen-bond acceptors (Lipinski definition) is 3. The van der Waals surface area contributed by atoms with Crippen LogP contribution in [0.4, 0.5) is 0 Å². The zero-order chi connectivity index (χ0) is 12.1. The van der Waals surface area contributed by atoms with Crippen LogP contribution in [0.15, 0.2) is 30.6 Å². The Balaban J connectivity index is 2.22. The number of hydrogen-bond donors (Lipinski definition) is 1. The maximum Gasteiger partial charge on any atom is 0.0934 e. The van der Waals surface area contributed by atoms with Crippen molar-refractivity contribution in [3.05, 3.63) is 36.2 Å². The van der Waals surface area contributed by atoms with Crippen LogP contribution < -0.4 is 5.73 Å². The molecule has 0 saturated carbocycles. The Morgan fingerprint density at radius 3 is 2.82 bits per heavy atom. The van der Waals surface area contributed by atoms with E-state index in [0.29, 0.717) is 0 Å². The van der Waals surface area contributed by atoms with Crippen LogP contribution in [0.2, 0.25) is 0 Å². The molecule has 0 saturated heterocycles. The molecule has 2 aromatic rings. The molecule has 90 valence electrons. The Bertz CT molecular complexity index is 476. The molecule has 0 amide bonds. The van der Waals surface area contributed by atoms with E-state index in [-0.39, 0.29) is 6.04 Å². The highest BCUT2D eigenvalue weighted by atomic mass is 14.8. The Labute approximate surface area is 102 Å². The Hall–Kier alpha value is -1.48. The van der Waals surface area contributed by atoms with Gasteiger partial charge in [0.25, 0.3) is 0 Å². The number of nitrogens with zero attached hydrogens (tertiary/aromatic N) is 2. The van der Waals surface area contributed by atoms with E-state index < -0.39 is 0 Å². The molecule has 2 rings (SSSR count). The maximum absolute atomic E-state index is 6.23. The summed E-state index contributed by atoms with van der Waals surface area (Å²) in [6.45, 7) is 2.20. The fourth-order valence-corrected chi connectivity index (χ4v) is 2.08. The highest BCUT2D eigenvalue weighted by Crippen LogP contribution is 2.23. The Morgan fingerprint density at radius 2 is 2.00 bits per heavy atom. The van der Waals surface area contributed by atoms with Gasteiger partial charge < -0.3 is 5.73 Å². The maximum atomic E-state index is 6.23. The van der Waals surface area contributed by atoms with Crippen LogP contribution in [0.25, 0.3) is 11.0 Å². The van der Waals surface area contributed by atoms with Gasteiger partial charge in [-0.3, -0.25) is 9.97 Å². The van der Waals surface area contributed by atoms with Gasteiger partial charge in [-0.25, -0.2) is 0 Å². The predicted molar refractivity (Wildman–Crippen MR) is 70.6 cm³/mol. The van der Waals surface area contributed by atoms with E-state index in [1.807, 2.05) is 12.1 Å². The van der Waals surface area contributed by atoms with E-state index in [1.54, 1.807) is 12.4 Å². The predicted octanol–water partition coefficient (Wildman–Crippen LogP) is 3.21. The molecule has 2 N–H and O–H groups in total. The molecule has 1 aromatic carbocycles. The average Bonchev–Trinajstić information content (AvgIpc) is 2.38. The van der Waals surface area contributed by atoms with Crippen LogP contribution in [-0.2, 0) is 0 Å². The van der Waals surface area contributed by atoms with Gasteiger partial charge in [0.2, 0.25) is 0 Å². The minimum absolute atomic E-state index is 0.0712. The molecular weight excluding hydrogens is 210 g/mol. The lowest BCUT2D eigenvalue weighted by molar-refractivity contribution is 0.583. The van der Waals surface area contributed by atoms with Crippen molar-refractivity contribution in [2.45, 2.75) is 38.6 Å². The normalized spacial score (nSPS) is 12.8. The quantitative estimate of drug-likeness (QED) is 0.801. The van der Waals surface area contributed by atoms with Crippen molar-refractivity contribution >= 4 is 11.0 Å². The molecule has 0 bridgehead atoms. The van der Waals surface area contributed by atoms with Gasteiger partial charge in [0.15, 0.2) is 0 Å². The molecule has 0 spiro atoms. The van der Waals surface area contributed by atoms with Gasteiger partial charge in [0.1, 0.15) is 0 Å². The molecule has 1 aromatic heterocycles. The summed E-state index contributed by atoms with van der Waals surface area (Å²) in [6.07, 6.45) is 8.10. The highest BCUT2D eigenvalue weighted by Gasteiger charge is 2.10. The molecule has 0 aliphatic carbocycles. The summed E-state index contributed by atoms with van der Waals surface area (Å²) in [5.74, 6) is 0. The van der Waals surface area contributed by atoms with E-state index in [0.717, 1.165) is 23.0 Å². The monoisotopic (exact) mass is 229 g/mol. The minimum Gasteiger partial charge on any atom is -0.324 e. The van der Waals surface area contributed by atoms with Crippen molar-refractivity contribution in [2.24, 2.45) is 5.73 Å². The van der Waals surface area contributed by atoms with Crippen molar-refractivity contribution in [1.29, 1.82) is 0 Å². The first-order valence-electron chi connectivity index (χ1n) is 6.28. The second kappa shape index (κ2) is 5.73. The molecule has 0 aliphatic rings. The summed E-state index contributed by atoms with van der Waals surface area (Å²) in [7, 11) is 0. The van der Waals surface area contributed by atoms with Gasteiger partial charge in [-0.2, -0.15) is 0 Å². The molecule has 0 aliphatic heterocycles. The first-order chi connectivity index (χ1) is 8.33. The van der Waals surface area contributed by atoms with Gasteiger partial charge >= 0.3 is 0 Å². The third kappa shape index (κ3) is 2.80. The van der Waals surface area contributed by atoms with Crippen LogP contribution in [0, 0.1) is 0 Å². The third-order valence-corrected chi connectivity index (χ3v) is 3.05. The van der Waals surface area contributed by atoms with Crippen LogP contribution in [0.1, 0.15) is 44.2 Å². The van der Waals surface area contributed by atoms with Gasteiger partial charge in [-0.05, 0) is 18.1 Å². The molecule has 0 radical (unpaired) electrons. The second-order valence-corrected chi connectivity index (χ2v) is 4.37. The lowest BCUT2D eigenvalue weighted by Crippen LogP contribution is -2.11. The topological polar surface area (TPSA) is 51.8 Å². The molecule has 1 atom stereocenters. The first-order valence-corrected chi connectivity index (χ1v) is 6.28. The van der Waals surface area contributed by atoms with E-state index in [9.17, 15) is 0 Å². The Kier molecular flexibility index (Phi) is 4.04. The molecule has 3 nitrogen and oxygen atoms in total. The number of unbranched alkanes of at least 4 members (excludes halogenated alkanes) is 2. The summed E-state index contributed by atoms with van der Waals surface area (Å²) in [5, 5.41) is 0. The van der Waals surface area contributed by atoms with Gasteiger partial charge in [-0.1, -0.05) is 38.3 Å². The minimum atomic E-state index is 0.0712. The number of fused-ring (bicyclic) bond motifs is 1. The summed E-state index contributed by atoms with van der Waals surface area (Å²) < 4.78 is 0. The van der Waals surface area contributed by atoms with Crippen LogP contribution in [0.5, 0.6) is 0 Å². The number of nitrogens with two attached hydrogens (primary N) is 1. The SMILES string of the molecule is CCCCCC(N)c1cccc2nccnc12. The highest BCUT2D eigenvalue weighted by molar-refractivity contribution is 5.77. The van der Waals surface area contributed by atoms with Crippen LogP contribution in [0.3, 0.4) is 0 Å². The van der Waals surface area contributed by atoms with Crippen molar-refractivity contribution in [2.75, 3.05) is 0 Å². The third-order valence-electron chi connectivity index (χ3n) is 3.05. The lowest BCUT2D eigenvalue weighted by Gasteiger charge is -2.13. The van der Waals surface area contributed by atoms with E-state index in [1.165, 1.54) is 19.3 Å². The van der Waals surface area contributed by atoms with Crippen molar-refractivity contribution in [1.82, 2.24) is 9.97 Å². The van der Waals surface area contributed by atoms with Crippen LogP contribution >= 0.6 is 0 Å². The van der Waals surface area contributed by atoms with E-state index >= 15 is 0 Å². The molecular formula is C14H19N3. The fraction of sp³-hybridized carbons (Fsp3) is 0.429. The lowest BCUT2D eigenvalue weighted by atomic mass is 10.00. The van der Waals surface area contributed by atoms with Crippen LogP contribution in [-0.4, -0.2) is 9.97 Å². The largest absolute Gasteiger partial charge is 0.324 e. The number of aromatic nitrogens is 2. The van der Waals surface area contributed by atoms with E-state index in [2.05, 4.69) is 23.0 Å². The van der Waals surface area contributed by atoms with Crippen molar-refractivity contribution < 1.29 is 0 Å². The second-order valence-electron chi connectivity index (χ2n) is 4.37. The zero-order valence-electron chi connectivity index (χ0n) is 10.3. The molecule has 3 heteroatoms. The zero-order valence-corrected chi connectivity index (χ0v) is 10.3. The van der Waals surface area contributed by atoms with Gasteiger partial charge in [-0.15, -0.1) is 0 Å². The first kappa shape index (κ1) is 12.0. The van der Waals surface area contributed by atoms with Crippen molar-refractivity contribution in [3.63, 3.8) is 0 Å². The average molecular weight is 229 g/mol. The Morgan fingerprint density at radius 1 is 1.18 bits per heavy atom. The van der Waals surface area contributed by atoms with Gasteiger partial charge in [0.05, 0.1) is 11.0 Å². The summed E-state index contributed by atoms with van der Waals surface area (Å²) in [4.78, 5) is 8.69.